The van der Waals surface area contributed by atoms with Crippen LogP contribution in [0.15, 0.2) is 66.7 Å². The molecule has 1 N–H and O–H groups in total. The van der Waals surface area contributed by atoms with Crippen molar-refractivity contribution in [2.24, 2.45) is 0 Å². The number of hydrogen-bond donors (Lipinski definition) is 1. The van der Waals surface area contributed by atoms with Crippen molar-refractivity contribution in [3.63, 3.8) is 0 Å². The van der Waals surface area contributed by atoms with Gasteiger partial charge in [-0.3, -0.25) is 4.79 Å². The van der Waals surface area contributed by atoms with E-state index >= 15 is 0 Å². The van der Waals surface area contributed by atoms with Crippen LogP contribution in [0.2, 0.25) is 0 Å². The van der Waals surface area contributed by atoms with Gasteiger partial charge in [-0.05, 0) is 59.9 Å². The van der Waals surface area contributed by atoms with Crippen LogP contribution < -0.4 is 5.32 Å². The predicted molar refractivity (Wildman–Crippen MR) is 118 cm³/mol. The fourth-order valence-electron chi connectivity index (χ4n) is 4.60. The summed E-state index contributed by atoms with van der Waals surface area (Å²) in [5, 5.41) is 12.6. The van der Waals surface area contributed by atoms with E-state index in [0.29, 0.717) is 17.6 Å². The zero-order chi connectivity index (χ0) is 20.7. The quantitative estimate of drug-likeness (QED) is 0.718. The first-order valence-corrected chi connectivity index (χ1v) is 10.4. The number of carbonyl (C=O) groups excluding carboxylic acids is 1. The van der Waals surface area contributed by atoms with Crippen LogP contribution in [0.3, 0.4) is 0 Å². The molecule has 30 heavy (non-hydrogen) atoms. The van der Waals surface area contributed by atoms with Crippen LogP contribution in [0.1, 0.15) is 27.9 Å². The molecule has 2 saturated heterocycles. The summed E-state index contributed by atoms with van der Waals surface area (Å²) in [4.78, 5) is 15.3. The van der Waals surface area contributed by atoms with Gasteiger partial charge < -0.3 is 10.2 Å². The summed E-state index contributed by atoms with van der Waals surface area (Å²) in [6.45, 7) is 3.75. The molecule has 2 fully saturated rings. The van der Waals surface area contributed by atoms with E-state index in [1.807, 2.05) is 41.3 Å². The second-order valence-corrected chi connectivity index (χ2v) is 8.27. The number of hydrogen-bond acceptors (Lipinski definition) is 3. The van der Waals surface area contributed by atoms with Crippen LogP contribution in [0, 0.1) is 18.3 Å². The molecular weight excluding hydrogens is 370 g/mol. The minimum atomic E-state index is 0.106. The van der Waals surface area contributed by atoms with E-state index in [4.69, 9.17) is 5.26 Å². The zero-order valence-corrected chi connectivity index (χ0v) is 16.9. The summed E-state index contributed by atoms with van der Waals surface area (Å²) < 4.78 is 0. The molecule has 1 amide bonds. The summed E-state index contributed by atoms with van der Waals surface area (Å²) >= 11 is 0. The third-order valence-corrected chi connectivity index (χ3v) is 6.27. The van der Waals surface area contributed by atoms with Crippen LogP contribution in [-0.4, -0.2) is 36.0 Å². The maximum Gasteiger partial charge on any atom is 0.254 e. The summed E-state index contributed by atoms with van der Waals surface area (Å²) in [5.74, 6) is 0.106. The molecule has 148 valence electrons. The van der Waals surface area contributed by atoms with Crippen molar-refractivity contribution >= 4 is 5.91 Å². The number of fused-ring (bicyclic) bond motifs is 2. The Morgan fingerprint density at radius 2 is 1.70 bits per heavy atom. The van der Waals surface area contributed by atoms with Crippen molar-refractivity contribution in [3.8, 4) is 28.3 Å². The van der Waals surface area contributed by atoms with E-state index in [2.05, 4.69) is 48.6 Å². The highest BCUT2D eigenvalue weighted by Crippen LogP contribution is 2.34. The van der Waals surface area contributed by atoms with Gasteiger partial charge in [0.05, 0.1) is 11.6 Å². The van der Waals surface area contributed by atoms with E-state index < -0.39 is 0 Å². The Balaban J connectivity index is 1.58. The first-order valence-electron chi connectivity index (χ1n) is 10.4. The lowest BCUT2D eigenvalue weighted by Gasteiger charge is -2.28. The number of benzene rings is 3. The van der Waals surface area contributed by atoms with Crippen LogP contribution in [0.25, 0.3) is 22.3 Å². The van der Waals surface area contributed by atoms with Gasteiger partial charge in [-0.1, -0.05) is 48.0 Å². The molecule has 2 heterocycles. The molecule has 0 saturated carbocycles. The van der Waals surface area contributed by atoms with Gasteiger partial charge in [0.2, 0.25) is 0 Å². The highest BCUT2D eigenvalue weighted by molar-refractivity contribution is 5.98. The monoisotopic (exact) mass is 393 g/mol. The lowest BCUT2D eigenvalue weighted by Crippen LogP contribution is -2.46. The number of nitrogens with zero attached hydrogens (tertiary/aromatic N) is 2. The maximum absolute atomic E-state index is 13.3. The molecule has 4 heteroatoms. The number of nitrogens with one attached hydrogen (secondary N) is 1. The molecule has 0 unspecified atom stereocenters. The maximum atomic E-state index is 13.3. The summed E-state index contributed by atoms with van der Waals surface area (Å²) in [5.41, 5.74) is 6.77. The Kier molecular flexibility index (Phi) is 4.61. The second-order valence-electron chi connectivity index (χ2n) is 8.27. The molecule has 2 atom stereocenters. The van der Waals surface area contributed by atoms with Crippen LogP contribution in [0.5, 0.6) is 0 Å². The molecule has 3 aromatic carbocycles. The van der Waals surface area contributed by atoms with Gasteiger partial charge in [0.15, 0.2) is 0 Å². The van der Waals surface area contributed by atoms with Crippen LogP contribution >= 0.6 is 0 Å². The number of amides is 1. The Hall–Kier alpha value is -3.42. The number of carbonyl (C=O) groups is 1. The predicted octanol–water partition coefficient (Wildman–Crippen LogP) is 4.39. The molecule has 5 rings (SSSR count). The average Bonchev–Trinajstić information content (AvgIpc) is 3.43. The third kappa shape index (κ3) is 3.28. The smallest absolute Gasteiger partial charge is 0.254 e. The molecule has 2 aliphatic rings. The van der Waals surface area contributed by atoms with Crippen LogP contribution in [-0.2, 0) is 0 Å². The van der Waals surface area contributed by atoms with Crippen molar-refractivity contribution in [1.82, 2.24) is 10.2 Å². The second kappa shape index (κ2) is 7.44. The van der Waals surface area contributed by atoms with E-state index in [9.17, 15) is 4.79 Å². The lowest BCUT2D eigenvalue weighted by atomic mass is 9.91. The number of aryl methyl sites for hydroxylation is 1. The third-order valence-electron chi connectivity index (χ3n) is 6.27. The molecule has 2 aliphatic heterocycles. The van der Waals surface area contributed by atoms with Gasteiger partial charge in [0.25, 0.3) is 5.91 Å². The van der Waals surface area contributed by atoms with Crippen LogP contribution in [0.4, 0.5) is 0 Å². The van der Waals surface area contributed by atoms with Crippen molar-refractivity contribution in [2.45, 2.75) is 25.4 Å². The minimum Gasteiger partial charge on any atom is -0.333 e. The Morgan fingerprint density at radius 3 is 2.33 bits per heavy atom. The van der Waals surface area contributed by atoms with Crippen molar-refractivity contribution < 1.29 is 4.79 Å². The summed E-state index contributed by atoms with van der Waals surface area (Å²) in [6.07, 6.45) is 1.05. The van der Waals surface area contributed by atoms with Crippen molar-refractivity contribution in [3.05, 3.63) is 83.4 Å². The number of nitriles is 1. The van der Waals surface area contributed by atoms with E-state index in [0.717, 1.165) is 47.3 Å². The Labute approximate surface area is 176 Å². The number of rotatable bonds is 3. The highest BCUT2D eigenvalue weighted by Gasteiger charge is 2.40. The van der Waals surface area contributed by atoms with Gasteiger partial charge in [-0.2, -0.15) is 5.26 Å². The van der Waals surface area contributed by atoms with E-state index in [1.54, 1.807) is 0 Å². The SMILES string of the molecule is Cc1ccc(-c2ccc(C(=O)N3C[C@@H]4C[C@H]3CN4)cc2-c2ccc(C#N)cc2)cc1. The lowest BCUT2D eigenvalue weighted by molar-refractivity contribution is 0.0716. The fourth-order valence-corrected chi connectivity index (χ4v) is 4.60. The molecule has 0 radical (unpaired) electrons. The molecule has 0 aromatic heterocycles. The average molecular weight is 393 g/mol. The van der Waals surface area contributed by atoms with Gasteiger partial charge >= 0.3 is 0 Å². The summed E-state index contributed by atoms with van der Waals surface area (Å²) in [6, 6.07) is 24.9. The molecule has 0 spiro atoms. The van der Waals surface area contributed by atoms with E-state index in [1.165, 1.54) is 5.56 Å². The fraction of sp³-hybridized carbons (Fsp3) is 0.231. The zero-order valence-electron chi connectivity index (χ0n) is 16.9. The van der Waals surface area contributed by atoms with Gasteiger partial charge in [-0.15, -0.1) is 0 Å². The molecule has 2 bridgehead atoms. The van der Waals surface area contributed by atoms with Crippen molar-refractivity contribution in [1.29, 1.82) is 5.26 Å². The minimum absolute atomic E-state index is 0.106. The topological polar surface area (TPSA) is 56.1 Å². The Morgan fingerprint density at radius 1 is 1.00 bits per heavy atom. The van der Waals surface area contributed by atoms with Crippen molar-refractivity contribution in [2.75, 3.05) is 13.1 Å². The first-order chi connectivity index (χ1) is 14.6. The van der Waals surface area contributed by atoms with Gasteiger partial charge in [0.1, 0.15) is 0 Å². The standard InChI is InChI=1S/C26H23N3O/c1-17-2-6-19(7-3-17)24-11-10-21(26(30)29-16-22-13-23(29)15-28-22)12-25(24)20-8-4-18(14-27)5-9-20/h2-12,22-23,28H,13,15-16H2,1H3/t22-,23-/m0/s1. The highest BCUT2D eigenvalue weighted by atomic mass is 16.2. The van der Waals surface area contributed by atoms with E-state index in [-0.39, 0.29) is 5.91 Å². The van der Waals surface area contributed by atoms with Gasteiger partial charge in [-0.25, -0.2) is 0 Å². The summed E-state index contributed by atoms with van der Waals surface area (Å²) in [7, 11) is 0. The largest absolute Gasteiger partial charge is 0.333 e. The number of piperazine rings is 1. The van der Waals surface area contributed by atoms with Gasteiger partial charge in [0, 0.05) is 30.7 Å². The normalized spacial score (nSPS) is 19.7. The molecular formula is C26H23N3O. The Bertz CT molecular complexity index is 1140. The molecule has 0 aliphatic carbocycles. The first kappa shape index (κ1) is 18.6. The number of likely N-dealkylation sites (tertiary alicyclic amines) is 1. The molecule has 3 aromatic rings. The molecule has 4 nitrogen and oxygen atoms in total.